The van der Waals surface area contributed by atoms with E-state index in [1.54, 1.807) is 11.3 Å². The molecular weight excluding hydrogens is 178 g/mol. The summed E-state index contributed by atoms with van der Waals surface area (Å²) >= 11 is 1.79. The third-order valence-electron chi connectivity index (χ3n) is 2.36. The van der Waals surface area contributed by atoms with Crippen LogP contribution in [0, 0.1) is 12.3 Å². The molecule has 1 N–H and O–H groups in total. The van der Waals surface area contributed by atoms with Crippen LogP contribution < -0.4 is 5.32 Å². The summed E-state index contributed by atoms with van der Waals surface area (Å²) in [6, 6.07) is 0.457. The maximum Gasteiger partial charge on any atom is 0.0377 e. The molecule has 0 aromatic carbocycles. The lowest BCUT2D eigenvalue weighted by molar-refractivity contribution is 0.287. The second kappa shape index (κ2) is 3.81. The van der Waals surface area contributed by atoms with Crippen molar-refractivity contribution in [3.05, 3.63) is 21.9 Å². The maximum absolute atomic E-state index is 3.39. The van der Waals surface area contributed by atoms with Crippen LogP contribution in [0.2, 0.25) is 0 Å². The van der Waals surface area contributed by atoms with Gasteiger partial charge in [-0.05, 0) is 41.3 Å². The van der Waals surface area contributed by atoms with Crippen LogP contribution in [0.4, 0.5) is 0 Å². The number of hydrogen-bond donors (Lipinski definition) is 1. The molecule has 1 unspecified atom stereocenters. The minimum absolute atomic E-state index is 0.278. The minimum atomic E-state index is 0.278. The molecule has 0 fully saturated rings. The molecule has 0 aliphatic carbocycles. The van der Waals surface area contributed by atoms with E-state index in [1.807, 2.05) is 7.05 Å². The van der Waals surface area contributed by atoms with E-state index in [1.165, 1.54) is 11.1 Å². The van der Waals surface area contributed by atoms with Crippen LogP contribution in [0.5, 0.6) is 0 Å². The van der Waals surface area contributed by atoms with E-state index in [-0.39, 0.29) is 5.41 Å². The van der Waals surface area contributed by atoms with Gasteiger partial charge in [0.2, 0.25) is 0 Å². The van der Waals surface area contributed by atoms with Crippen LogP contribution in [0.1, 0.15) is 37.9 Å². The third kappa shape index (κ3) is 2.32. The van der Waals surface area contributed by atoms with Crippen LogP contribution in [0.3, 0.4) is 0 Å². The number of nitrogens with one attached hydrogen (secondary N) is 1. The van der Waals surface area contributed by atoms with Gasteiger partial charge in [0, 0.05) is 6.04 Å². The van der Waals surface area contributed by atoms with Gasteiger partial charge in [0.1, 0.15) is 0 Å². The van der Waals surface area contributed by atoms with Crippen LogP contribution in [-0.4, -0.2) is 7.05 Å². The van der Waals surface area contributed by atoms with E-state index in [9.17, 15) is 0 Å². The van der Waals surface area contributed by atoms with Crippen molar-refractivity contribution in [3.8, 4) is 0 Å². The highest BCUT2D eigenvalue weighted by molar-refractivity contribution is 7.08. The number of rotatable bonds is 2. The first-order chi connectivity index (χ1) is 5.96. The normalized spacial score (nSPS) is 14.5. The molecule has 0 saturated carbocycles. The zero-order chi connectivity index (χ0) is 10.1. The predicted octanol–water partition coefficient (Wildman–Crippen LogP) is 3.36. The van der Waals surface area contributed by atoms with Crippen molar-refractivity contribution in [3.63, 3.8) is 0 Å². The SMILES string of the molecule is CNC(c1cscc1C)C(C)(C)C. The molecule has 1 aromatic rings. The number of aryl methyl sites for hydroxylation is 1. The van der Waals surface area contributed by atoms with Gasteiger partial charge in [-0.1, -0.05) is 20.8 Å². The molecule has 0 spiro atoms. The topological polar surface area (TPSA) is 12.0 Å². The second-order valence-electron chi connectivity index (χ2n) is 4.60. The first-order valence-electron chi connectivity index (χ1n) is 4.66. The summed E-state index contributed by atoms with van der Waals surface area (Å²) in [6.45, 7) is 8.99. The summed E-state index contributed by atoms with van der Waals surface area (Å²) in [7, 11) is 2.03. The quantitative estimate of drug-likeness (QED) is 0.766. The van der Waals surface area contributed by atoms with E-state index in [4.69, 9.17) is 0 Å². The predicted molar refractivity (Wildman–Crippen MR) is 60.3 cm³/mol. The minimum Gasteiger partial charge on any atom is -0.313 e. The Hall–Kier alpha value is -0.340. The largest absolute Gasteiger partial charge is 0.313 e. The molecule has 0 saturated heterocycles. The summed E-state index contributed by atoms with van der Waals surface area (Å²) in [5, 5.41) is 7.86. The molecule has 13 heavy (non-hydrogen) atoms. The maximum atomic E-state index is 3.39. The van der Waals surface area contributed by atoms with Crippen molar-refractivity contribution >= 4 is 11.3 Å². The fourth-order valence-corrected chi connectivity index (χ4v) is 2.60. The van der Waals surface area contributed by atoms with Gasteiger partial charge >= 0.3 is 0 Å². The average molecular weight is 197 g/mol. The Kier molecular flexibility index (Phi) is 3.14. The van der Waals surface area contributed by atoms with E-state index >= 15 is 0 Å². The summed E-state index contributed by atoms with van der Waals surface area (Å²) in [4.78, 5) is 0. The summed E-state index contributed by atoms with van der Waals surface area (Å²) in [6.07, 6.45) is 0. The Bertz CT molecular complexity index is 270. The summed E-state index contributed by atoms with van der Waals surface area (Å²) in [5.74, 6) is 0. The first-order valence-corrected chi connectivity index (χ1v) is 5.61. The molecule has 1 atom stereocenters. The van der Waals surface area contributed by atoms with Crippen LogP contribution in [0.25, 0.3) is 0 Å². The number of thiophene rings is 1. The average Bonchev–Trinajstić information content (AvgIpc) is 2.35. The lowest BCUT2D eigenvalue weighted by atomic mass is 9.82. The molecule has 0 bridgehead atoms. The molecule has 0 radical (unpaired) electrons. The molecule has 0 aliphatic heterocycles. The standard InChI is InChI=1S/C11H19NS/c1-8-6-13-7-9(8)10(12-5)11(2,3)4/h6-7,10,12H,1-5H3. The van der Waals surface area contributed by atoms with Crippen molar-refractivity contribution < 1.29 is 0 Å². The third-order valence-corrected chi connectivity index (χ3v) is 3.24. The molecule has 2 heteroatoms. The van der Waals surface area contributed by atoms with Crippen LogP contribution >= 0.6 is 11.3 Å². The van der Waals surface area contributed by atoms with Crippen molar-refractivity contribution in [1.82, 2.24) is 5.32 Å². The molecular formula is C11H19NS. The first kappa shape index (κ1) is 10.7. The van der Waals surface area contributed by atoms with Gasteiger partial charge in [-0.3, -0.25) is 0 Å². The van der Waals surface area contributed by atoms with E-state index < -0.39 is 0 Å². The summed E-state index contributed by atoms with van der Waals surface area (Å²) in [5.41, 5.74) is 3.12. The molecule has 1 rings (SSSR count). The van der Waals surface area contributed by atoms with Gasteiger partial charge in [-0.25, -0.2) is 0 Å². The highest BCUT2D eigenvalue weighted by atomic mass is 32.1. The van der Waals surface area contributed by atoms with E-state index in [0.29, 0.717) is 6.04 Å². The highest BCUT2D eigenvalue weighted by Gasteiger charge is 2.25. The van der Waals surface area contributed by atoms with Gasteiger partial charge < -0.3 is 5.32 Å². The smallest absolute Gasteiger partial charge is 0.0377 e. The Labute approximate surface area is 85.2 Å². The van der Waals surface area contributed by atoms with Gasteiger partial charge in [-0.15, -0.1) is 0 Å². The zero-order valence-corrected chi connectivity index (χ0v) is 9.96. The van der Waals surface area contributed by atoms with Crippen molar-refractivity contribution in [2.75, 3.05) is 7.05 Å². The molecule has 1 heterocycles. The molecule has 0 amide bonds. The molecule has 1 nitrogen and oxygen atoms in total. The molecule has 0 aliphatic rings. The van der Waals surface area contributed by atoms with Crippen molar-refractivity contribution in [1.29, 1.82) is 0 Å². The van der Waals surface area contributed by atoms with Crippen LogP contribution in [-0.2, 0) is 0 Å². The second-order valence-corrected chi connectivity index (χ2v) is 5.34. The fourth-order valence-electron chi connectivity index (χ4n) is 1.72. The van der Waals surface area contributed by atoms with Crippen LogP contribution in [0.15, 0.2) is 10.8 Å². The van der Waals surface area contributed by atoms with Gasteiger partial charge in [0.05, 0.1) is 0 Å². The zero-order valence-electron chi connectivity index (χ0n) is 9.14. The Morgan fingerprint density at radius 3 is 2.23 bits per heavy atom. The lowest BCUT2D eigenvalue weighted by Gasteiger charge is -2.30. The fraction of sp³-hybridized carbons (Fsp3) is 0.636. The lowest BCUT2D eigenvalue weighted by Crippen LogP contribution is -2.29. The van der Waals surface area contributed by atoms with E-state index in [2.05, 4.69) is 43.8 Å². The Morgan fingerprint density at radius 1 is 1.31 bits per heavy atom. The van der Waals surface area contributed by atoms with Gasteiger partial charge in [0.25, 0.3) is 0 Å². The van der Waals surface area contributed by atoms with Gasteiger partial charge in [-0.2, -0.15) is 11.3 Å². The number of hydrogen-bond acceptors (Lipinski definition) is 2. The van der Waals surface area contributed by atoms with E-state index in [0.717, 1.165) is 0 Å². The Balaban J connectivity index is 2.98. The van der Waals surface area contributed by atoms with Crippen molar-refractivity contribution in [2.24, 2.45) is 5.41 Å². The monoisotopic (exact) mass is 197 g/mol. The van der Waals surface area contributed by atoms with Gasteiger partial charge in [0.15, 0.2) is 0 Å². The molecule has 1 aromatic heterocycles. The van der Waals surface area contributed by atoms with Crippen molar-refractivity contribution in [2.45, 2.75) is 33.7 Å². The summed E-state index contributed by atoms with van der Waals surface area (Å²) < 4.78 is 0. The highest BCUT2D eigenvalue weighted by Crippen LogP contribution is 2.35. The molecule has 74 valence electrons. The Morgan fingerprint density at radius 2 is 1.92 bits per heavy atom.